The highest BCUT2D eigenvalue weighted by Crippen LogP contribution is 2.28. The molecule has 29 heavy (non-hydrogen) atoms. The lowest BCUT2D eigenvalue weighted by Crippen LogP contribution is -2.52. The highest BCUT2D eigenvalue weighted by Gasteiger charge is 2.31. The normalized spacial score (nSPS) is 17.2. The number of carbonyl (C=O) groups excluding carboxylic acids is 1. The Morgan fingerprint density at radius 2 is 2.14 bits per heavy atom. The molecule has 1 atom stereocenters. The Hall–Kier alpha value is -2.81. The zero-order valence-electron chi connectivity index (χ0n) is 17.2. The molecule has 9 nitrogen and oxygen atoms in total. The average Bonchev–Trinajstić information content (AvgIpc) is 2.65. The summed E-state index contributed by atoms with van der Waals surface area (Å²) in [5, 5.41) is 0.330. The molecule has 9 heteroatoms. The molecule has 0 bridgehead atoms. The Kier molecular flexibility index (Phi) is 6.26. The van der Waals surface area contributed by atoms with Crippen molar-refractivity contribution in [1.82, 2.24) is 14.9 Å². The molecule has 0 saturated carbocycles. The van der Waals surface area contributed by atoms with Gasteiger partial charge in [0.25, 0.3) is 5.56 Å². The monoisotopic (exact) mass is 405 g/mol. The lowest BCUT2D eigenvalue weighted by atomic mass is 10.2. The van der Waals surface area contributed by atoms with Crippen LogP contribution in [-0.4, -0.2) is 65.6 Å². The number of hydrogen-bond acceptors (Lipinski definition) is 7. The van der Waals surface area contributed by atoms with Crippen LogP contribution in [0.15, 0.2) is 23.3 Å². The van der Waals surface area contributed by atoms with Crippen LogP contribution in [0, 0.1) is 0 Å². The van der Waals surface area contributed by atoms with Gasteiger partial charge >= 0.3 is 6.09 Å². The van der Waals surface area contributed by atoms with Gasteiger partial charge in [0, 0.05) is 18.7 Å². The fraction of sp³-hybridized carbons (Fsp3) is 0.550. The van der Waals surface area contributed by atoms with E-state index < -0.39 is 11.7 Å². The quantitative estimate of drug-likeness (QED) is 0.814. The fourth-order valence-electron chi connectivity index (χ4n) is 3.04. The molecule has 1 fully saturated rings. The predicted octanol–water partition coefficient (Wildman–Crippen LogP) is 2.34. The first-order valence-electron chi connectivity index (χ1n) is 9.63. The number of nitrogens with zero attached hydrogens (tertiary/aromatic N) is 2. The summed E-state index contributed by atoms with van der Waals surface area (Å²) in [5.41, 5.74) is -0.433. The third-order valence-corrected chi connectivity index (χ3v) is 4.28. The van der Waals surface area contributed by atoms with E-state index in [1.54, 1.807) is 17.0 Å². The Bertz CT molecular complexity index is 921. The van der Waals surface area contributed by atoms with E-state index in [4.69, 9.17) is 18.9 Å². The summed E-state index contributed by atoms with van der Waals surface area (Å²) in [4.78, 5) is 33.2. The summed E-state index contributed by atoms with van der Waals surface area (Å²) in [6.07, 6.45) is 0.922. The van der Waals surface area contributed by atoms with Crippen LogP contribution in [0.1, 0.15) is 27.7 Å². The number of ether oxygens (including phenoxy) is 4. The van der Waals surface area contributed by atoms with Crippen molar-refractivity contribution >= 4 is 17.0 Å². The number of morpholine rings is 1. The molecular formula is C20H27N3O6. The maximum absolute atomic E-state index is 12.5. The minimum Gasteiger partial charge on any atom is -0.494 e. The summed E-state index contributed by atoms with van der Waals surface area (Å²) in [5.74, 6) is 0.895. The summed E-state index contributed by atoms with van der Waals surface area (Å²) >= 11 is 0. The summed E-state index contributed by atoms with van der Waals surface area (Å²) in [7, 11) is 0. The first-order valence-corrected chi connectivity index (χ1v) is 9.63. The number of rotatable bonds is 5. The SMILES string of the molecule is CCOc1cc(OC[C@H]2COCCN2C(=O)OC(C)(C)C)c2c(=O)[nH]cnc2c1. The zero-order valence-corrected chi connectivity index (χ0v) is 17.2. The molecule has 1 aliphatic rings. The highest BCUT2D eigenvalue weighted by molar-refractivity contribution is 5.85. The summed E-state index contributed by atoms with van der Waals surface area (Å²) in [6, 6.07) is 3.00. The van der Waals surface area contributed by atoms with Crippen molar-refractivity contribution in [2.24, 2.45) is 0 Å². The Labute approximate surface area is 168 Å². The third-order valence-electron chi connectivity index (χ3n) is 4.28. The molecule has 1 saturated heterocycles. The van der Waals surface area contributed by atoms with Crippen molar-refractivity contribution in [3.05, 3.63) is 28.8 Å². The number of amides is 1. The van der Waals surface area contributed by atoms with Crippen LogP contribution >= 0.6 is 0 Å². The average molecular weight is 405 g/mol. The Balaban J connectivity index is 1.83. The molecule has 0 aliphatic carbocycles. The zero-order chi connectivity index (χ0) is 21.0. The van der Waals surface area contributed by atoms with E-state index in [0.29, 0.717) is 48.8 Å². The lowest BCUT2D eigenvalue weighted by molar-refractivity contribution is -0.0417. The fourth-order valence-corrected chi connectivity index (χ4v) is 3.04. The number of hydrogen-bond donors (Lipinski definition) is 1. The van der Waals surface area contributed by atoms with E-state index in [0.717, 1.165) is 0 Å². The topological polar surface area (TPSA) is 103 Å². The van der Waals surface area contributed by atoms with Crippen LogP contribution < -0.4 is 15.0 Å². The Morgan fingerprint density at radius 3 is 2.86 bits per heavy atom. The molecule has 1 aromatic heterocycles. The van der Waals surface area contributed by atoms with Crippen LogP contribution in [0.2, 0.25) is 0 Å². The Morgan fingerprint density at radius 1 is 1.34 bits per heavy atom. The highest BCUT2D eigenvalue weighted by atomic mass is 16.6. The lowest BCUT2D eigenvalue weighted by Gasteiger charge is -2.36. The molecule has 3 rings (SSSR count). The summed E-state index contributed by atoms with van der Waals surface area (Å²) in [6.45, 7) is 9.09. The van der Waals surface area contributed by atoms with Gasteiger partial charge in [-0.05, 0) is 27.7 Å². The van der Waals surface area contributed by atoms with E-state index in [9.17, 15) is 9.59 Å². The number of carbonyl (C=O) groups is 1. The van der Waals surface area contributed by atoms with Gasteiger partial charge in [-0.3, -0.25) is 9.69 Å². The van der Waals surface area contributed by atoms with Crippen LogP contribution in [0.4, 0.5) is 4.79 Å². The van der Waals surface area contributed by atoms with Crippen molar-refractivity contribution in [1.29, 1.82) is 0 Å². The minimum absolute atomic E-state index is 0.137. The molecule has 0 spiro atoms. The smallest absolute Gasteiger partial charge is 0.410 e. The van der Waals surface area contributed by atoms with E-state index in [1.165, 1.54) is 6.33 Å². The van der Waals surface area contributed by atoms with Gasteiger partial charge in [-0.15, -0.1) is 0 Å². The molecule has 0 unspecified atom stereocenters. The van der Waals surface area contributed by atoms with Crippen LogP contribution in [0.25, 0.3) is 10.9 Å². The molecule has 2 heterocycles. The van der Waals surface area contributed by atoms with Gasteiger partial charge in [0.05, 0.1) is 37.7 Å². The van der Waals surface area contributed by atoms with Crippen LogP contribution in [-0.2, 0) is 9.47 Å². The molecule has 1 aromatic carbocycles. The maximum atomic E-state index is 12.5. The van der Waals surface area contributed by atoms with Gasteiger partial charge in [0.2, 0.25) is 0 Å². The number of H-pyrrole nitrogens is 1. The van der Waals surface area contributed by atoms with Gasteiger partial charge in [-0.1, -0.05) is 0 Å². The van der Waals surface area contributed by atoms with Crippen molar-refractivity contribution in [2.75, 3.05) is 33.0 Å². The molecule has 0 radical (unpaired) electrons. The second kappa shape index (κ2) is 8.69. The van der Waals surface area contributed by atoms with Gasteiger partial charge in [0.1, 0.15) is 29.1 Å². The van der Waals surface area contributed by atoms with Gasteiger partial charge in [-0.2, -0.15) is 0 Å². The van der Waals surface area contributed by atoms with Crippen LogP contribution in [0.3, 0.4) is 0 Å². The molecule has 2 aromatic rings. The summed E-state index contributed by atoms with van der Waals surface area (Å²) < 4.78 is 22.5. The van der Waals surface area contributed by atoms with Gasteiger partial charge < -0.3 is 23.9 Å². The number of nitrogens with one attached hydrogen (secondary N) is 1. The predicted molar refractivity (Wildman–Crippen MR) is 107 cm³/mol. The van der Waals surface area contributed by atoms with E-state index >= 15 is 0 Å². The second-order valence-electron chi connectivity index (χ2n) is 7.69. The first kappa shape index (κ1) is 20.9. The first-order chi connectivity index (χ1) is 13.8. The van der Waals surface area contributed by atoms with Crippen LogP contribution in [0.5, 0.6) is 11.5 Å². The van der Waals surface area contributed by atoms with Crippen molar-refractivity contribution in [3.63, 3.8) is 0 Å². The third kappa shape index (κ3) is 5.17. The van der Waals surface area contributed by atoms with Crippen molar-refractivity contribution in [2.45, 2.75) is 39.3 Å². The van der Waals surface area contributed by atoms with Gasteiger partial charge in [0.15, 0.2) is 0 Å². The largest absolute Gasteiger partial charge is 0.494 e. The van der Waals surface area contributed by atoms with E-state index in [1.807, 2.05) is 27.7 Å². The molecule has 1 N–H and O–H groups in total. The van der Waals surface area contributed by atoms with Crippen molar-refractivity contribution in [3.8, 4) is 11.5 Å². The standard InChI is InChI=1S/C20H27N3O6/c1-5-27-14-8-15-17(18(24)22-12-21-15)16(9-14)28-11-13-10-26-7-6-23(13)19(25)29-20(2,3)4/h8-9,12-13H,5-7,10-11H2,1-4H3,(H,21,22,24)/t13-/m1/s1. The molecule has 158 valence electrons. The maximum Gasteiger partial charge on any atom is 0.410 e. The van der Waals surface area contributed by atoms with E-state index in [-0.39, 0.29) is 18.2 Å². The number of aromatic amines is 1. The number of aromatic nitrogens is 2. The molecule has 1 aliphatic heterocycles. The van der Waals surface area contributed by atoms with E-state index in [2.05, 4.69) is 9.97 Å². The second-order valence-corrected chi connectivity index (χ2v) is 7.69. The minimum atomic E-state index is -0.595. The molecule has 1 amide bonds. The van der Waals surface area contributed by atoms with Gasteiger partial charge in [-0.25, -0.2) is 9.78 Å². The molecular weight excluding hydrogens is 378 g/mol. The number of benzene rings is 1. The van der Waals surface area contributed by atoms with Crippen molar-refractivity contribution < 1.29 is 23.7 Å². The number of fused-ring (bicyclic) bond motifs is 1.